The maximum atomic E-state index is 14.1. The Morgan fingerprint density at radius 3 is 2.95 bits per heavy atom. The number of halogens is 1. The summed E-state index contributed by atoms with van der Waals surface area (Å²) in [5.74, 6) is -0.340. The van der Waals surface area contributed by atoms with E-state index in [4.69, 9.17) is 4.74 Å². The van der Waals surface area contributed by atoms with Crippen LogP contribution in [0, 0.1) is 5.82 Å². The lowest BCUT2D eigenvalue weighted by atomic mass is 9.88. The van der Waals surface area contributed by atoms with E-state index in [0.29, 0.717) is 17.7 Å². The quantitative estimate of drug-likeness (QED) is 0.902. The number of hydrogen-bond acceptors (Lipinski definition) is 3. The number of morpholine rings is 1. The number of phenolic OH excluding ortho intramolecular Hbond substituents is 1. The Hall–Kier alpha value is -1.13. The highest BCUT2D eigenvalue weighted by Gasteiger charge is 2.37. The number of nitrogens with zero attached hydrogens (tertiary/aromatic N) is 1. The summed E-state index contributed by atoms with van der Waals surface area (Å²) in [5.41, 5.74) is 0.661. The van der Waals surface area contributed by atoms with Gasteiger partial charge in [0.1, 0.15) is 11.6 Å². The molecule has 20 heavy (non-hydrogen) atoms. The molecule has 3 atom stereocenters. The van der Waals surface area contributed by atoms with Crippen LogP contribution in [-0.2, 0) is 4.74 Å². The highest BCUT2D eigenvalue weighted by atomic mass is 19.1. The normalized spacial score (nSPS) is 28.9. The highest BCUT2D eigenvalue weighted by molar-refractivity contribution is 5.29. The van der Waals surface area contributed by atoms with Crippen LogP contribution in [0.4, 0.5) is 4.39 Å². The first-order valence-electron chi connectivity index (χ1n) is 7.52. The third kappa shape index (κ3) is 2.54. The van der Waals surface area contributed by atoms with Crippen molar-refractivity contribution < 1.29 is 14.2 Å². The van der Waals surface area contributed by atoms with Crippen molar-refractivity contribution in [3.8, 4) is 5.75 Å². The molecule has 2 aliphatic rings. The molecule has 0 aromatic heterocycles. The second kappa shape index (κ2) is 5.70. The summed E-state index contributed by atoms with van der Waals surface area (Å²) in [5, 5.41) is 9.34. The molecule has 1 aromatic rings. The number of aromatic hydroxyl groups is 1. The van der Waals surface area contributed by atoms with E-state index in [1.54, 1.807) is 12.1 Å². The minimum Gasteiger partial charge on any atom is -0.508 e. The first-order chi connectivity index (χ1) is 9.66. The van der Waals surface area contributed by atoms with Gasteiger partial charge in [0.05, 0.1) is 12.7 Å². The first-order valence-corrected chi connectivity index (χ1v) is 7.52. The molecule has 1 saturated carbocycles. The molecule has 0 spiro atoms. The molecule has 1 heterocycles. The fourth-order valence-electron chi connectivity index (χ4n) is 3.64. The number of phenols is 1. The largest absolute Gasteiger partial charge is 0.508 e. The molecule has 1 aromatic carbocycles. The predicted molar refractivity (Wildman–Crippen MR) is 75.2 cm³/mol. The maximum Gasteiger partial charge on any atom is 0.131 e. The molecule has 1 aliphatic carbocycles. The van der Waals surface area contributed by atoms with E-state index in [0.717, 1.165) is 26.0 Å². The fourth-order valence-corrected chi connectivity index (χ4v) is 3.64. The molecular formula is C16H22FNO2. The van der Waals surface area contributed by atoms with Crippen molar-refractivity contribution in [3.05, 3.63) is 29.6 Å². The van der Waals surface area contributed by atoms with Gasteiger partial charge in [0, 0.05) is 30.3 Å². The monoisotopic (exact) mass is 279 g/mol. The summed E-state index contributed by atoms with van der Waals surface area (Å²) >= 11 is 0. The van der Waals surface area contributed by atoms with Crippen LogP contribution in [0.1, 0.15) is 44.2 Å². The van der Waals surface area contributed by atoms with E-state index in [9.17, 15) is 9.50 Å². The SMILES string of the molecule is CC(c1ccc(O)cc1F)N1CCOC2CCCCC21. The molecule has 3 rings (SSSR count). The average molecular weight is 279 g/mol. The van der Waals surface area contributed by atoms with E-state index in [-0.39, 0.29) is 17.6 Å². The Bertz CT molecular complexity index is 478. The van der Waals surface area contributed by atoms with Crippen molar-refractivity contribution in [2.75, 3.05) is 13.2 Å². The van der Waals surface area contributed by atoms with Crippen molar-refractivity contribution >= 4 is 0 Å². The Balaban J connectivity index is 1.83. The summed E-state index contributed by atoms with van der Waals surface area (Å²) in [7, 11) is 0. The van der Waals surface area contributed by atoms with E-state index < -0.39 is 0 Å². The van der Waals surface area contributed by atoms with Gasteiger partial charge >= 0.3 is 0 Å². The van der Waals surface area contributed by atoms with Crippen LogP contribution in [0.25, 0.3) is 0 Å². The Kier molecular flexibility index (Phi) is 3.94. The summed E-state index contributed by atoms with van der Waals surface area (Å²) in [6.45, 7) is 3.63. The zero-order chi connectivity index (χ0) is 14.1. The van der Waals surface area contributed by atoms with Gasteiger partial charge in [0.25, 0.3) is 0 Å². The van der Waals surface area contributed by atoms with Crippen molar-refractivity contribution in [1.82, 2.24) is 4.90 Å². The van der Waals surface area contributed by atoms with Crippen LogP contribution in [-0.4, -0.2) is 35.3 Å². The van der Waals surface area contributed by atoms with E-state index in [1.807, 2.05) is 6.92 Å². The molecular weight excluding hydrogens is 257 g/mol. The van der Waals surface area contributed by atoms with E-state index in [2.05, 4.69) is 4.90 Å². The molecule has 2 fully saturated rings. The molecule has 1 saturated heterocycles. The topological polar surface area (TPSA) is 32.7 Å². The van der Waals surface area contributed by atoms with Crippen LogP contribution in [0.15, 0.2) is 18.2 Å². The average Bonchev–Trinajstić information content (AvgIpc) is 2.46. The van der Waals surface area contributed by atoms with Gasteiger partial charge in [-0.05, 0) is 25.8 Å². The molecule has 3 unspecified atom stereocenters. The van der Waals surface area contributed by atoms with Gasteiger partial charge in [-0.1, -0.05) is 18.9 Å². The van der Waals surface area contributed by atoms with Crippen molar-refractivity contribution in [2.45, 2.75) is 50.8 Å². The molecule has 0 radical (unpaired) electrons. The Morgan fingerprint density at radius 2 is 2.15 bits per heavy atom. The molecule has 0 bridgehead atoms. The second-order valence-corrected chi connectivity index (χ2v) is 5.88. The van der Waals surface area contributed by atoms with Gasteiger partial charge in [-0.15, -0.1) is 0 Å². The van der Waals surface area contributed by atoms with E-state index >= 15 is 0 Å². The van der Waals surface area contributed by atoms with Crippen molar-refractivity contribution in [2.24, 2.45) is 0 Å². The van der Waals surface area contributed by atoms with Crippen LogP contribution >= 0.6 is 0 Å². The summed E-state index contributed by atoms with van der Waals surface area (Å²) in [4.78, 5) is 2.38. The zero-order valence-corrected chi connectivity index (χ0v) is 11.9. The van der Waals surface area contributed by atoms with Crippen LogP contribution in [0.5, 0.6) is 5.75 Å². The van der Waals surface area contributed by atoms with Gasteiger partial charge in [-0.3, -0.25) is 4.90 Å². The minimum absolute atomic E-state index is 0.0176. The maximum absolute atomic E-state index is 14.1. The second-order valence-electron chi connectivity index (χ2n) is 5.88. The summed E-state index contributed by atoms with van der Waals surface area (Å²) < 4.78 is 19.9. The lowest BCUT2D eigenvalue weighted by Gasteiger charge is -2.46. The predicted octanol–water partition coefficient (Wildman–Crippen LogP) is 3.24. The van der Waals surface area contributed by atoms with Gasteiger partial charge in [0.15, 0.2) is 0 Å². The number of benzene rings is 1. The van der Waals surface area contributed by atoms with Gasteiger partial charge in [0.2, 0.25) is 0 Å². The van der Waals surface area contributed by atoms with Crippen LogP contribution in [0.3, 0.4) is 0 Å². The summed E-state index contributed by atoms with van der Waals surface area (Å²) in [6, 6.07) is 4.88. The smallest absolute Gasteiger partial charge is 0.131 e. The standard InChI is InChI=1S/C16H22FNO2/c1-11(13-7-6-12(19)10-14(13)17)18-8-9-20-16-5-3-2-4-15(16)18/h6-7,10-11,15-16,19H,2-5,8-9H2,1H3. The lowest BCUT2D eigenvalue weighted by Crippen LogP contribution is -2.53. The van der Waals surface area contributed by atoms with Crippen LogP contribution < -0.4 is 0 Å². The Morgan fingerprint density at radius 1 is 1.35 bits per heavy atom. The third-order valence-electron chi connectivity index (χ3n) is 4.71. The number of ether oxygens (including phenoxy) is 1. The van der Waals surface area contributed by atoms with Gasteiger partial charge in [-0.2, -0.15) is 0 Å². The molecule has 1 N–H and O–H groups in total. The molecule has 4 heteroatoms. The molecule has 3 nitrogen and oxygen atoms in total. The molecule has 110 valence electrons. The number of rotatable bonds is 2. The molecule has 1 aliphatic heterocycles. The number of fused-ring (bicyclic) bond motifs is 1. The van der Waals surface area contributed by atoms with Crippen LogP contribution in [0.2, 0.25) is 0 Å². The number of hydrogen-bond donors (Lipinski definition) is 1. The first kappa shape index (κ1) is 13.8. The zero-order valence-electron chi connectivity index (χ0n) is 11.9. The van der Waals surface area contributed by atoms with Crippen molar-refractivity contribution in [1.29, 1.82) is 0 Å². The van der Waals surface area contributed by atoms with Gasteiger partial charge < -0.3 is 9.84 Å². The summed E-state index contributed by atoms with van der Waals surface area (Å²) in [6.07, 6.45) is 5.02. The molecule has 0 amide bonds. The van der Waals surface area contributed by atoms with Crippen molar-refractivity contribution in [3.63, 3.8) is 0 Å². The minimum atomic E-state index is -0.323. The fraction of sp³-hybridized carbons (Fsp3) is 0.625. The van der Waals surface area contributed by atoms with Gasteiger partial charge in [-0.25, -0.2) is 4.39 Å². The third-order valence-corrected chi connectivity index (χ3v) is 4.71. The van der Waals surface area contributed by atoms with E-state index in [1.165, 1.54) is 18.9 Å². The highest BCUT2D eigenvalue weighted by Crippen LogP contribution is 2.35. The lowest BCUT2D eigenvalue weighted by molar-refractivity contribution is -0.101. The Labute approximate surface area is 119 Å².